The van der Waals surface area contributed by atoms with Gasteiger partial charge >= 0.3 is 19.8 Å². The molecule has 0 aliphatic rings. The molecule has 0 saturated heterocycles. The standard InChI is InChI=1S/C43H73O8P/c1-3-5-7-9-11-13-15-17-19-21-23-25-27-29-31-33-35-37-42(44)49-39-41(40-50-52(46,47)48)51-43(45)38-36-34-32-30-28-26-24-22-20-18-16-14-12-10-8-6-4-2/h7,9,12-15,18-21,25,27,41H,3-6,8,10-11,16-17,22-24,26,28-40H2,1-2H3,(H2,46,47,48)/b9-7+,14-12+,15-13+,20-18+,21-19+,27-25+/t41-/m1/s1. The lowest BCUT2D eigenvalue weighted by atomic mass is 10.1. The molecule has 0 aromatic heterocycles. The zero-order chi connectivity index (χ0) is 38.2. The van der Waals surface area contributed by atoms with Gasteiger partial charge in [-0.05, 0) is 83.5 Å². The van der Waals surface area contributed by atoms with Crippen LogP contribution >= 0.6 is 7.82 Å². The Morgan fingerprint density at radius 2 is 0.904 bits per heavy atom. The minimum absolute atomic E-state index is 0.192. The van der Waals surface area contributed by atoms with Crippen LogP contribution in [0.15, 0.2) is 72.9 Å². The van der Waals surface area contributed by atoms with Crippen LogP contribution in [0.1, 0.15) is 168 Å². The van der Waals surface area contributed by atoms with Gasteiger partial charge in [0.1, 0.15) is 6.61 Å². The van der Waals surface area contributed by atoms with Crippen molar-refractivity contribution < 1.29 is 37.9 Å². The van der Waals surface area contributed by atoms with Crippen molar-refractivity contribution >= 4 is 19.8 Å². The van der Waals surface area contributed by atoms with Gasteiger partial charge in [-0.25, -0.2) is 4.57 Å². The second-order valence-electron chi connectivity index (χ2n) is 13.2. The number of phosphoric acid groups is 1. The van der Waals surface area contributed by atoms with Crippen molar-refractivity contribution in [2.45, 2.75) is 174 Å². The summed E-state index contributed by atoms with van der Waals surface area (Å²) in [6.45, 7) is 3.55. The Bertz CT molecular complexity index is 1070. The van der Waals surface area contributed by atoms with Crippen molar-refractivity contribution in [2.75, 3.05) is 13.2 Å². The third-order valence-electron chi connectivity index (χ3n) is 8.18. The first-order valence-corrected chi connectivity index (χ1v) is 21.8. The van der Waals surface area contributed by atoms with Crippen LogP contribution in [0, 0.1) is 0 Å². The summed E-state index contributed by atoms with van der Waals surface area (Å²) < 4.78 is 26.3. The van der Waals surface area contributed by atoms with E-state index in [1.54, 1.807) is 0 Å². The Morgan fingerprint density at radius 3 is 1.38 bits per heavy atom. The predicted octanol–water partition coefficient (Wildman–Crippen LogP) is 12.3. The van der Waals surface area contributed by atoms with Crippen molar-refractivity contribution in [3.8, 4) is 0 Å². The number of hydrogen-bond donors (Lipinski definition) is 2. The van der Waals surface area contributed by atoms with Crippen LogP contribution in [-0.2, 0) is 28.2 Å². The van der Waals surface area contributed by atoms with Crippen molar-refractivity contribution in [3.05, 3.63) is 72.9 Å². The van der Waals surface area contributed by atoms with Crippen LogP contribution in [0.3, 0.4) is 0 Å². The van der Waals surface area contributed by atoms with E-state index in [2.05, 4.69) is 91.3 Å². The van der Waals surface area contributed by atoms with Gasteiger partial charge in [0.2, 0.25) is 0 Å². The summed E-state index contributed by atoms with van der Waals surface area (Å²) in [7, 11) is -4.77. The number of unbranched alkanes of at least 4 members (excludes halogenated alkanes) is 14. The van der Waals surface area contributed by atoms with Crippen LogP contribution in [0.2, 0.25) is 0 Å². The lowest BCUT2D eigenvalue weighted by Gasteiger charge is -2.18. The molecule has 0 aromatic rings. The third-order valence-corrected chi connectivity index (χ3v) is 8.66. The summed E-state index contributed by atoms with van der Waals surface area (Å²) in [6, 6.07) is 0. The number of hydrogen-bond acceptors (Lipinski definition) is 6. The average Bonchev–Trinajstić information content (AvgIpc) is 3.11. The first kappa shape index (κ1) is 49.5. The number of carbonyl (C=O) groups is 2. The molecular formula is C43H73O8P. The topological polar surface area (TPSA) is 119 Å². The fourth-order valence-electron chi connectivity index (χ4n) is 5.16. The maximum Gasteiger partial charge on any atom is 0.469 e. The van der Waals surface area contributed by atoms with Crippen molar-refractivity contribution in [2.24, 2.45) is 0 Å². The normalized spacial score (nSPS) is 13.2. The van der Waals surface area contributed by atoms with Crippen molar-refractivity contribution in [3.63, 3.8) is 0 Å². The summed E-state index contributed by atoms with van der Waals surface area (Å²) >= 11 is 0. The van der Waals surface area contributed by atoms with Gasteiger partial charge in [-0.2, -0.15) is 0 Å². The van der Waals surface area contributed by atoms with E-state index < -0.39 is 32.5 Å². The van der Waals surface area contributed by atoms with E-state index in [1.165, 1.54) is 51.4 Å². The Labute approximate surface area is 317 Å². The molecule has 0 fully saturated rings. The molecule has 0 heterocycles. The van der Waals surface area contributed by atoms with E-state index in [9.17, 15) is 14.2 Å². The van der Waals surface area contributed by atoms with E-state index >= 15 is 0 Å². The zero-order valence-corrected chi connectivity index (χ0v) is 33.6. The molecule has 2 N–H and O–H groups in total. The maximum absolute atomic E-state index is 12.4. The molecular weight excluding hydrogens is 675 g/mol. The summed E-state index contributed by atoms with van der Waals surface area (Å²) in [5.74, 6) is -0.936. The molecule has 0 rings (SSSR count). The van der Waals surface area contributed by atoms with E-state index in [4.69, 9.17) is 19.3 Å². The second kappa shape index (κ2) is 38.2. The van der Waals surface area contributed by atoms with E-state index in [0.717, 1.165) is 77.0 Å². The summed E-state index contributed by atoms with van der Waals surface area (Å²) in [5, 5.41) is 0. The van der Waals surface area contributed by atoms with Gasteiger partial charge in [-0.3, -0.25) is 14.1 Å². The lowest BCUT2D eigenvalue weighted by Crippen LogP contribution is -2.29. The highest BCUT2D eigenvalue weighted by Gasteiger charge is 2.22. The number of ether oxygens (including phenoxy) is 2. The largest absolute Gasteiger partial charge is 0.469 e. The number of rotatable bonds is 36. The van der Waals surface area contributed by atoms with Gasteiger partial charge in [-0.1, -0.05) is 145 Å². The number of carbonyl (C=O) groups excluding carboxylic acids is 2. The van der Waals surface area contributed by atoms with Gasteiger partial charge < -0.3 is 19.3 Å². The Morgan fingerprint density at radius 1 is 0.500 bits per heavy atom. The average molecular weight is 749 g/mol. The molecule has 0 aliphatic heterocycles. The molecule has 0 radical (unpaired) electrons. The highest BCUT2D eigenvalue weighted by atomic mass is 31.2. The summed E-state index contributed by atoms with van der Waals surface area (Å²) in [5.41, 5.74) is 0. The molecule has 0 amide bonds. The fourth-order valence-corrected chi connectivity index (χ4v) is 5.52. The Kier molecular flexibility index (Phi) is 36.4. The second-order valence-corrected chi connectivity index (χ2v) is 14.5. The minimum atomic E-state index is -4.77. The van der Waals surface area contributed by atoms with Crippen LogP contribution in [-0.4, -0.2) is 41.0 Å². The zero-order valence-electron chi connectivity index (χ0n) is 32.7. The molecule has 298 valence electrons. The molecule has 0 unspecified atom stereocenters. The monoisotopic (exact) mass is 749 g/mol. The van der Waals surface area contributed by atoms with E-state index in [1.807, 2.05) is 0 Å². The van der Waals surface area contributed by atoms with Gasteiger partial charge in [0.25, 0.3) is 0 Å². The van der Waals surface area contributed by atoms with Gasteiger partial charge in [0.05, 0.1) is 6.61 Å². The van der Waals surface area contributed by atoms with Gasteiger partial charge in [0, 0.05) is 12.8 Å². The lowest BCUT2D eigenvalue weighted by molar-refractivity contribution is -0.161. The Hall–Kier alpha value is -2.51. The fraction of sp³-hybridized carbons (Fsp3) is 0.674. The highest BCUT2D eigenvalue weighted by Crippen LogP contribution is 2.36. The first-order valence-electron chi connectivity index (χ1n) is 20.2. The quantitative estimate of drug-likeness (QED) is 0.0281. The molecule has 0 bridgehead atoms. The minimum Gasteiger partial charge on any atom is -0.462 e. The SMILES string of the molecule is CCC/C=C/C/C=C/C/C=C/C/C=C/CCCCCC(=O)OC[C@H](COP(=O)(O)O)OC(=O)CCCCCCCCC/C=C/C/C=C/CCCCC. The highest BCUT2D eigenvalue weighted by molar-refractivity contribution is 7.46. The number of allylic oxidation sites excluding steroid dienone is 12. The third kappa shape index (κ3) is 40.3. The summed E-state index contributed by atoms with van der Waals surface area (Å²) in [6.07, 6.45) is 49.0. The number of esters is 2. The molecule has 0 aliphatic carbocycles. The predicted molar refractivity (Wildman–Crippen MR) is 216 cm³/mol. The molecule has 0 saturated carbocycles. The molecule has 52 heavy (non-hydrogen) atoms. The summed E-state index contributed by atoms with van der Waals surface area (Å²) in [4.78, 5) is 42.8. The van der Waals surface area contributed by atoms with Crippen LogP contribution in [0.4, 0.5) is 0 Å². The van der Waals surface area contributed by atoms with Crippen LogP contribution < -0.4 is 0 Å². The van der Waals surface area contributed by atoms with Crippen LogP contribution in [0.25, 0.3) is 0 Å². The van der Waals surface area contributed by atoms with E-state index in [0.29, 0.717) is 12.8 Å². The van der Waals surface area contributed by atoms with Gasteiger partial charge in [-0.15, -0.1) is 0 Å². The van der Waals surface area contributed by atoms with Crippen molar-refractivity contribution in [1.82, 2.24) is 0 Å². The van der Waals surface area contributed by atoms with Crippen molar-refractivity contribution in [1.29, 1.82) is 0 Å². The molecule has 8 nitrogen and oxygen atoms in total. The number of phosphoric ester groups is 1. The van der Waals surface area contributed by atoms with Gasteiger partial charge in [0.15, 0.2) is 6.10 Å². The first-order chi connectivity index (χ1) is 25.3. The Balaban J connectivity index is 4.03. The van der Waals surface area contributed by atoms with E-state index in [-0.39, 0.29) is 19.4 Å². The maximum atomic E-state index is 12.4. The molecule has 9 heteroatoms. The molecule has 0 aromatic carbocycles. The molecule has 0 spiro atoms. The van der Waals surface area contributed by atoms with Crippen LogP contribution in [0.5, 0.6) is 0 Å². The smallest absolute Gasteiger partial charge is 0.462 e. The molecule has 1 atom stereocenters.